The van der Waals surface area contributed by atoms with E-state index in [2.05, 4.69) is 20.8 Å². The van der Waals surface area contributed by atoms with E-state index < -0.39 is 0 Å². The third-order valence-electron chi connectivity index (χ3n) is 11.6. The Morgan fingerprint density at radius 3 is 2.42 bits per heavy atom. The number of fused-ring (bicyclic) bond motifs is 7. The number of ether oxygens (including phenoxy) is 1. The van der Waals surface area contributed by atoms with Crippen LogP contribution in [0.1, 0.15) is 85.0 Å². The summed E-state index contributed by atoms with van der Waals surface area (Å²) in [4.78, 5) is 0. The molecule has 4 nitrogen and oxygen atoms in total. The van der Waals surface area contributed by atoms with Crippen molar-refractivity contribution in [3.8, 4) is 0 Å². The highest BCUT2D eigenvalue weighted by Gasteiger charge is 2.65. The van der Waals surface area contributed by atoms with E-state index in [-0.39, 0.29) is 25.2 Å². The first-order valence-corrected chi connectivity index (χ1v) is 13.4. The van der Waals surface area contributed by atoms with E-state index in [1.54, 1.807) is 0 Å². The lowest BCUT2D eigenvalue weighted by Gasteiger charge is -2.61. The van der Waals surface area contributed by atoms with Gasteiger partial charge in [0.05, 0.1) is 18.3 Å². The molecule has 0 aromatic carbocycles. The van der Waals surface area contributed by atoms with Crippen LogP contribution < -0.4 is 0 Å². The van der Waals surface area contributed by atoms with Crippen LogP contribution in [0.2, 0.25) is 0 Å². The highest BCUT2D eigenvalue weighted by molar-refractivity contribution is 5.14. The Bertz CT molecular complexity index is 649. The molecule has 5 rings (SSSR count). The van der Waals surface area contributed by atoms with E-state index in [9.17, 15) is 15.3 Å². The van der Waals surface area contributed by atoms with E-state index in [0.29, 0.717) is 34.9 Å². The molecule has 0 bridgehead atoms. The van der Waals surface area contributed by atoms with Crippen LogP contribution in [0.15, 0.2) is 0 Å². The first-order chi connectivity index (χ1) is 14.8. The molecule has 0 spiro atoms. The van der Waals surface area contributed by atoms with Gasteiger partial charge >= 0.3 is 0 Å². The van der Waals surface area contributed by atoms with E-state index in [1.807, 2.05) is 0 Å². The maximum absolute atomic E-state index is 10.3. The molecule has 4 aliphatic carbocycles. The summed E-state index contributed by atoms with van der Waals surface area (Å²) >= 11 is 0. The fourth-order valence-corrected chi connectivity index (χ4v) is 9.89. The SMILES string of the molecule is CC1C(CCC(CO)CO)OC2CC3C4CCC5CC(O)CCC5(C)C4CCC3(C)C21. The molecule has 0 aromatic heterocycles. The Balaban J connectivity index is 1.30. The molecule has 3 N–H and O–H groups in total. The van der Waals surface area contributed by atoms with Crippen LogP contribution in [0.4, 0.5) is 0 Å². The first-order valence-electron chi connectivity index (χ1n) is 13.4. The van der Waals surface area contributed by atoms with E-state index in [1.165, 1.54) is 38.5 Å². The summed E-state index contributed by atoms with van der Waals surface area (Å²) in [6, 6.07) is 0. The summed E-state index contributed by atoms with van der Waals surface area (Å²) < 4.78 is 6.72. The van der Waals surface area contributed by atoms with Crippen LogP contribution in [-0.2, 0) is 4.74 Å². The van der Waals surface area contributed by atoms with E-state index >= 15 is 0 Å². The van der Waals surface area contributed by atoms with Crippen molar-refractivity contribution in [3.05, 3.63) is 0 Å². The molecule has 11 atom stereocenters. The quantitative estimate of drug-likeness (QED) is 0.600. The van der Waals surface area contributed by atoms with Gasteiger partial charge in [0.2, 0.25) is 0 Å². The van der Waals surface area contributed by atoms with Gasteiger partial charge in [-0.25, -0.2) is 0 Å². The molecule has 1 aliphatic heterocycles. The molecule has 4 saturated carbocycles. The smallest absolute Gasteiger partial charge is 0.0618 e. The number of rotatable bonds is 5. The fourth-order valence-electron chi connectivity index (χ4n) is 9.89. The molecule has 31 heavy (non-hydrogen) atoms. The Hall–Kier alpha value is -0.160. The predicted molar refractivity (Wildman–Crippen MR) is 121 cm³/mol. The molecule has 178 valence electrons. The zero-order chi connectivity index (χ0) is 22.0. The first kappa shape index (κ1) is 22.6. The van der Waals surface area contributed by atoms with Gasteiger partial charge in [-0.15, -0.1) is 0 Å². The third kappa shape index (κ3) is 3.45. The van der Waals surface area contributed by atoms with Gasteiger partial charge in [0.15, 0.2) is 0 Å². The Kier molecular flexibility index (Phi) is 6.02. The normalized spacial score (nSPS) is 53.7. The van der Waals surface area contributed by atoms with E-state index in [4.69, 9.17) is 4.74 Å². The van der Waals surface area contributed by atoms with Gasteiger partial charge in [-0.3, -0.25) is 0 Å². The lowest BCUT2D eigenvalue weighted by atomic mass is 9.44. The van der Waals surface area contributed by atoms with Gasteiger partial charge in [0, 0.05) is 19.1 Å². The summed E-state index contributed by atoms with van der Waals surface area (Å²) in [6.07, 6.45) is 12.4. The van der Waals surface area contributed by atoms with Crippen molar-refractivity contribution in [1.82, 2.24) is 0 Å². The molecule has 0 amide bonds. The second-order valence-electron chi connectivity index (χ2n) is 12.8. The summed E-state index contributed by atoms with van der Waals surface area (Å²) in [6.45, 7) is 7.74. The molecule has 1 heterocycles. The molecular weight excluding hydrogens is 388 g/mol. The standard InChI is InChI=1S/C27H46O4/c1-16-23(7-4-17(14-28)15-29)31-24-13-22-20-6-5-18-12-19(30)8-10-26(18,2)21(20)9-11-27(22,3)25(16)24/h16-25,28-30H,4-15H2,1-3H3. The molecule has 1 saturated heterocycles. The minimum absolute atomic E-state index is 0.0000421. The van der Waals surface area contributed by atoms with Gasteiger partial charge in [-0.1, -0.05) is 20.8 Å². The monoisotopic (exact) mass is 434 g/mol. The van der Waals surface area contributed by atoms with Crippen molar-refractivity contribution in [2.24, 2.45) is 52.3 Å². The van der Waals surface area contributed by atoms with Gasteiger partial charge in [-0.05, 0) is 111 Å². The van der Waals surface area contributed by atoms with Crippen LogP contribution in [-0.4, -0.2) is 46.8 Å². The third-order valence-corrected chi connectivity index (χ3v) is 11.6. The van der Waals surface area contributed by atoms with Crippen molar-refractivity contribution in [2.45, 2.75) is 103 Å². The summed E-state index contributed by atoms with van der Waals surface area (Å²) in [5.74, 6) is 4.47. The van der Waals surface area contributed by atoms with Crippen LogP contribution in [0.5, 0.6) is 0 Å². The minimum Gasteiger partial charge on any atom is -0.396 e. The largest absolute Gasteiger partial charge is 0.396 e. The van der Waals surface area contributed by atoms with Gasteiger partial charge in [-0.2, -0.15) is 0 Å². The maximum atomic E-state index is 10.3. The molecular formula is C27H46O4. The number of aliphatic hydroxyl groups excluding tert-OH is 3. The van der Waals surface area contributed by atoms with Crippen LogP contribution >= 0.6 is 0 Å². The van der Waals surface area contributed by atoms with Crippen LogP contribution in [0, 0.1) is 52.3 Å². The molecule has 0 aromatic rings. The van der Waals surface area contributed by atoms with Gasteiger partial charge < -0.3 is 20.1 Å². The average Bonchev–Trinajstić information content (AvgIpc) is 3.23. The summed E-state index contributed by atoms with van der Waals surface area (Å²) in [7, 11) is 0. The zero-order valence-electron chi connectivity index (χ0n) is 20.0. The average molecular weight is 435 g/mol. The zero-order valence-corrected chi connectivity index (χ0v) is 20.0. The highest BCUT2D eigenvalue weighted by Crippen LogP contribution is 2.70. The topological polar surface area (TPSA) is 69.9 Å². The lowest BCUT2D eigenvalue weighted by molar-refractivity contribution is -0.130. The van der Waals surface area contributed by atoms with Crippen LogP contribution in [0.25, 0.3) is 0 Å². The minimum atomic E-state index is -0.0586. The molecule has 0 radical (unpaired) electrons. The maximum Gasteiger partial charge on any atom is 0.0618 e. The number of aliphatic hydroxyl groups is 3. The predicted octanol–water partition coefficient (Wildman–Crippen LogP) is 4.40. The molecule has 5 fully saturated rings. The Morgan fingerprint density at radius 2 is 1.68 bits per heavy atom. The Labute approximate surface area is 189 Å². The summed E-state index contributed by atoms with van der Waals surface area (Å²) in [5.41, 5.74) is 0.852. The van der Waals surface area contributed by atoms with Gasteiger partial charge in [0.25, 0.3) is 0 Å². The van der Waals surface area contributed by atoms with E-state index in [0.717, 1.165) is 49.4 Å². The van der Waals surface area contributed by atoms with Crippen molar-refractivity contribution in [2.75, 3.05) is 13.2 Å². The molecule has 4 heteroatoms. The van der Waals surface area contributed by atoms with Crippen LogP contribution in [0.3, 0.4) is 0 Å². The second kappa shape index (κ2) is 8.25. The molecule has 5 aliphatic rings. The summed E-state index contributed by atoms with van der Waals surface area (Å²) in [5, 5.41) is 29.1. The highest BCUT2D eigenvalue weighted by atomic mass is 16.5. The van der Waals surface area contributed by atoms with Crippen molar-refractivity contribution < 1.29 is 20.1 Å². The fraction of sp³-hybridized carbons (Fsp3) is 1.00. The second-order valence-corrected chi connectivity index (χ2v) is 12.8. The Morgan fingerprint density at radius 1 is 0.935 bits per heavy atom. The van der Waals surface area contributed by atoms with Crippen molar-refractivity contribution in [1.29, 1.82) is 0 Å². The molecule has 11 unspecified atom stereocenters. The van der Waals surface area contributed by atoms with Gasteiger partial charge in [0.1, 0.15) is 0 Å². The number of hydrogen-bond donors (Lipinski definition) is 3. The van der Waals surface area contributed by atoms with Crippen molar-refractivity contribution >= 4 is 0 Å². The van der Waals surface area contributed by atoms with Crippen molar-refractivity contribution in [3.63, 3.8) is 0 Å². The number of hydrogen-bond acceptors (Lipinski definition) is 4. The lowest BCUT2D eigenvalue weighted by Crippen LogP contribution is -2.54.